The quantitative estimate of drug-likeness (QED) is 0.407. The summed E-state index contributed by atoms with van der Waals surface area (Å²) in [6.07, 6.45) is 1.70. The van der Waals surface area contributed by atoms with E-state index in [0.29, 0.717) is 24.1 Å². The van der Waals surface area contributed by atoms with E-state index < -0.39 is 33.6 Å². The highest BCUT2D eigenvalue weighted by molar-refractivity contribution is 7.88. The molecule has 0 radical (unpaired) electrons. The van der Waals surface area contributed by atoms with E-state index in [0.717, 1.165) is 6.26 Å². The molecule has 2 fully saturated rings. The maximum Gasteiger partial charge on any atom is 0.211 e. The van der Waals surface area contributed by atoms with Crippen molar-refractivity contribution in [3.8, 4) is 11.5 Å². The summed E-state index contributed by atoms with van der Waals surface area (Å²) in [7, 11) is -3.42. The molecule has 3 aromatic rings. The van der Waals surface area contributed by atoms with Gasteiger partial charge in [-0.25, -0.2) is 17.1 Å². The number of hydrogen-bond donors (Lipinski definition) is 2. The number of aromatic hydroxyl groups is 2. The molecule has 2 aliphatic rings. The number of carbonyl (C=O) groups excluding carboxylic acids is 2. The SMILES string of the molecule is Cc1c(F)cccc1C1[C@@H](C(=O)c2cccc(O)c2)CN(C2CCN(S(C)(=O)=O)C2)C[C@@H]1C(=O)c1cccc(O)c1. The van der Waals surface area contributed by atoms with Crippen molar-refractivity contribution in [2.24, 2.45) is 11.8 Å². The van der Waals surface area contributed by atoms with Gasteiger partial charge in [-0.05, 0) is 54.8 Å². The Balaban J connectivity index is 1.64. The molecule has 8 nitrogen and oxygen atoms in total. The number of nitrogens with zero attached hydrogens (tertiary/aromatic N) is 2. The number of hydrogen-bond acceptors (Lipinski definition) is 7. The molecule has 3 atom stereocenters. The van der Waals surface area contributed by atoms with E-state index in [2.05, 4.69) is 0 Å². The van der Waals surface area contributed by atoms with E-state index in [4.69, 9.17) is 0 Å². The predicted octanol–water partition coefficient (Wildman–Crippen LogP) is 3.98. The van der Waals surface area contributed by atoms with Gasteiger partial charge in [0, 0.05) is 61.1 Å². The second-order valence-electron chi connectivity index (χ2n) is 11.0. The maximum absolute atomic E-state index is 14.9. The first-order chi connectivity index (χ1) is 19.4. The second kappa shape index (κ2) is 11.3. The molecule has 0 bridgehead atoms. The molecule has 2 aliphatic heterocycles. The number of ketones is 2. The van der Waals surface area contributed by atoms with Crippen LogP contribution in [0.2, 0.25) is 0 Å². The van der Waals surface area contributed by atoms with Crippen molar-refractivity contribution < 1.29 is 32.6 Å². The van der Waals surface area contributed by atoms with E-state index in [1.54, 1.807) is 43.3 Å². The highest BCUT2D eigenvalue weighted by atomic mass is 32.2. The van der Waals surface area contributed by atoms with Crippen molar-refractivity contribution in [2.45, 2.75) is 25.3 Å². The fourth-order valence-corrected chi connectivity index (χ4v) is 7.23. The van der Waals surface area contributed by atoms with Crippen LogP contribution in [0.3, 0.4) is 0 Å². The van der Waals surface area contributed by atoms with Gasteiger partial charge in [0.05, 0.1) is 6.26 Å². The average molecular weight is 581 g/mol. The topological polar surface area (TPSA) is 115 Å². The number of likely N-dealkylation sites (tertiary alicyclic amines) is 1. The van der Waals surface area contributed by atoms with Gasteiger partial charge in [0.15, 0.2) is 11.6 Å². The van der Waals surface area contributed by atoms with E-state index in [1.165, 1.54) is 34.6 Å². The minimum absolute atomic E-state index is 0.0750. The molecule has 0 spiro atoms. The fraction of sp³-hybridized carbons (Fsp3) is 0.355. The minimum Gasteiger partial charge on any atom is -0.508 e. The summed E-state index contributed by atoms with van der Waals surface area (Å²) in [4.78, 5) is 30.4. The Morgan fingerprint density at radius 2 is 1.39 bits per heavy atom. The second-order valence-corrected chi connectivity index (χ2v) is 13.0. The Bertz CT molecular complexity index is 1530. The van der Waals surface area contributed by atoms with Crippen LogP contribution >= 0.6 is 0 Å². The van der Waals surface area contributed by atoms with E-state index in [-0.39, 0.29) is 59.9 Å². The van der Waals surface area contributed by atoms with Gasteiger partial charge in [-0.15, -0.1) is 0 Å². The highest BCUT2D eigenvalue weighted by Gasteiger charge is 2.48. The standard InChI is InChI=1S/C31H33FN2O6S/c1-19-25(10-5-11-28(19)32)29-26(30(37)20-6-3-8-23(35)14-20)17-33(22-12-13-34(16-22)41(2,39)40)18-27(29)31(38)21-7-4-9-24(36)15-21/h3-11,14-15,22,26-27,29,35-36H,12-13,16-18H2,1-2H3/t22?,26-,27-/m0/s1. The zero-order valence-corrected chi connectivity index (χ0v) is 23.7. The van der Waals surface area contributed by atoms with Gasteiger partial charge in [0.1, 0.15) is 17.3 Å². The van der Waals surface area contributed by atoms with Crippen LogP contribution in [0.15, 0.2) is 66.7 Å². The number of sulfonamides is 1. The summed E-state index contributed by atoms with van der Waals surface area (Å²) < 4.78 is 40.8. The van der Waals surface area contributed by atoms with Gasteiger partial charge in [0.2, 0.25) is 10.0 Å². The number of benzene rings is 3. The van der Waals surface area contributed by atoms with Crippen LogP contribution in [0.4, 0.5) is 4.39 Å². The van der Waals surface area contributed by atoms with Crippen molar-refractivity contribution in [3.63, 3.8) is 0 Å². The van der Waals surface area contributed by atoms with Crippen LogP contribution in [-0.4, -0.2) is 77.9 Å². The van der Waals surface area contributed by atoms with Gasteiger partial charge in [-0.1, -0.05) is 36.4 Å². The monoisotopic (exact) mass is 580 g/mol. The lowest BCUT2D eigenvalue weighted by molar-refractivity contribution is 0.0470. The van der Waals surface area contributed by atoms with Crippen LogP contribution in [0, 0.1) is 24.6 Å². The number of halogens is 1. The highest BCUT2D eigenvalue weighted by Crippen LogP contribution is 2.44. The van der Waals surface area contributed by atoms with Crippen molar-refractivity contribution >= 4 is 21.6 Å². The normalized spacial score (nSPS) is 22.6. The van der Waals surface area contributed by atoms with Gasteiger partial charge >= 0.3 is 0 Å². The average Bonchev–Trinajstić information content (AvgIpc) is 3.45. The summed E-state index contributed by atoms with van der Waals surface area (Å²) in [5, 5.41) is 20.2. The van der Waals surface area contributed by atoms with E-state index >= 15 is 0 Å². The van der Waals surface area contributed by atoms with Gasteiger partial charge in [-0.2, -0.15) is 0 Å². The summed E-state index contributed by atoms with van der Waals surface area (Å²) in [5.74, 6) is -3.51. The number of piperidine rings is 1. The Hall–Kier alpha value is -3.60. The Labute approximate surface area is 239 Å². The zero-order valence-electron chi connectivity index (χ0n) is 22.9. The summed E-state index contributed by atoms with van der Waals surface area (Å²) in [6, 6.07) is 16.4. The van der Waals surface area contributed by atoms with Crippen LogP contribution in [0.25, 0.3) is 0 Å². The van der Waals surface area contributed by atoms with Crippen LogP contribution in [-0.2, 0) is 10.0 Å². The molecule has 0 aromatic heterocycles. The molecule has 2 saturated heterocycles. The molecule has 2 N–H and O–H groups in total. The number of carbonyl (C=O) groups is 2. The molecule has 0 aliphatic carbocycles. The van der Waals surface area contributed by atoms with Gasteiger partial charge in [0.25, 0.3) is 0 Å². The zero-order chi connectivity index (χ0) is 29.5. The van der Waals surface area contributed by atoms with Crippen LogP contribution in [0.1, 0.15) is 44.2 Å². The fourth-order valence-electron chi connectivity index (χ4n) is 6.35. The molecular weight excluding hydrogens is 547 g/mol. The maximum atomic E-state index is 14.9. The molecule has 2 heterocycles. The lowest BCUT2D eigenvalue weighted by Crippen LogP contribution is -2.54. The van der Waals surface area contributed by atoms with Crippen molar-refractivity contribution in [3.05, 3.63) is 94.8 Å². The molecule has 10 heteroatoms. The van der Waals surface area contributed by atoms with Gasteiger partial charge < -0.3 is 10.2 Å². The van der Waals surface area contributed by atoms with Crippen molar-refractivity contribution in [2.75, 3.05) is 32.4 Å². The number of phenols is 2. The summed E-state index contributed by atoms with van der Waals surface area (Å²) >= 11 is 0. The minimum atomic E-state index is -3.42. The summed E-state index contributed by atoms with van der Waals surface area (Å²) in [6.45, 7) is 2.65. The van der Waals surface area contributed by atoms with Crippen LogP contribution in [0.5, 0.6) is 11.5 Å². The third kappa shape index (κ3) is 5.91. The van der Waals surface area contributed by atoms with Crippen molar-refractivity contribution in [1.82, 2.24) is 9.21 Å². The van der Waals surface area contributed by atoms with Crippen molar-refractivity contribution in [1.29, 1.82) is 0 Å². The largest absolute Gasteiger partial charge is 0.508 e. The number of Topliss-reactive ketones (excluding diaryl/α,β-unsaturated/α-hetero) is 2. The number of phenolic OH excluding ortho intramolecular Hbond substituents is 2. The van der Waals surface area contributed by atoms with Gasteiger partial charge in [-0.3, -0.25) is 14.5 Å². The molecule has 0 saturated carbocycles. The molecule has 0 amide bonds. The van der Waals surface area contributed by atoms with E-state index in [9.17, 15) is 32.6 Å². The Morgan fingerprint density at radius 3 is 1.88 bits per heavy atom. The Kier molecular flexibility index (Phi) is 8.00. The first-order valence-corrected chi connectivity index (χ1v) is 15.4. The lowest BCUT2D eigenvalue weighted by Gasteiger charge is -2.45. The van der Waals surface area contributed by atoms with E-state index in [1.807, 2.05) is 4.90 Å². The first kappa shape index (κ1) is 28.9. The molecule has 1 unspecified atom stereocenters. The number of rotatable bonds is 7. The Morgan fingerprint density at radius 1 is 0.854 bits per heavy atom. The molecular formula is C31H33FN2O6S. The smallest absolute Gasteiger partial charge is 0.211 e. The molecule has 3 aromatic carbocycles. The first-order valence-electron chi connectivity index (χ1n) is 13.5. The third-order valence-corrected chi connectivity index (χ3v) is 9.71. The molecule has 216 valence electrons. The molecule has 5 rings (SSSR count). The van der Waals surface area contributed by atoms with Crippen LogP contribution < -0.4 is 0 Å². The molecule has 41 heavy (non-hydrogen) atoms. The third-order valence-electron chi connectivity index (χ3n) is 8.44. The lowest BCUT2D eigenvalue weighted by atomic mass is 9.67. The summed E-state index contributed by atoms with van der Waals surface area (Å²) in [5.41, 5.74) is 1.43. The predicted molar refractivity (Wildman–Crippen MR) is 152 cm³/mol.